The minimum Gasteiger partial charge on any atom is -0.501 e. The monoisotopic (exact) mass is 951 g/mol. The van der Waals surface area contributed by atoms with Crippen molar-refractivity contribution < 1.29 is 25.9 Å². The van der Waals surface area contributed by atoms with Crippen LogP contribution in [0.25, 0.3) is 72.4 Å². The molecule has 3 aromatic heterocycles. The van der Waals surface area contributed by atoms with E-state index in [0.717, 1.165) is 61.2 Å². The standard InChI is InChI=1S/C40H37N2O.C14H14N.Ir/c1-24(2)28-19-20-30-31-15-12-16-32(39(31)43-37(30)23-28)40-41-35-17-10-11-18-36(35)42(40)38-33(25(3)4)21-29(22-34(38)26(5)6)27-13-8-7-9-14-27;1-11(2)13-8-9-14(15-10-13)12-6-4-3-5-7-12;/h7-15,17-26H,1-6H3;3-6,8-11H,1-2H3;/q2*-1;/i;11D;. The number of furan rings is 1. The van der Waals surface area contributed by atoms with Crippen molar-refractivity contribution in [1.29, 1.82) is 0 Å². The SMILES string of the molecule is CC(C)c1ccc2c(c1)oc1c(-c3nc4ccccc4n3-c3c(C(C)C)cc(-c4ccccc4)cc3C(C)C)[c-]ccc12.[2H]C(C)(C)c1ccc(-c2[c-]cccc2)nc1.[Ir]. The number of para-hydroxylation sites is 2. The maximum atomic E-state index is 7.90. The predicted molar refractivity (Wildman–Crippen MR) is 243 cm³/mol. The molecule has 3 heterocycles. The summed E-state index contributed by atoms with van der Waals surface area (Å²) in [6, 6.07) is 53.0. The van der Waals surface area contributed by atoms with Crippen LogP contribution < -0.4 is 0 Å². The van der Waals surface area contributed by atoms with Crippen LogP contribution in [0.5, 0.6) is 0 Å². The van der Waals surface area contributed by atoms with Crippen molar-refractivity contribution in [2.24, 2.45) is 0 Å². The average molecular weight is 951 g/mol. The Labute approximate surface area is 364 Å². The molecular weight excluding hydrogens is 899 g/mol. The molecule has 0 atom stereocenters. The molecule has 1 radical (unpaired) electrons. The van der Waals surface area contributed by atoms with Crippen molar-refractivity contribution in [1.82, 2.24) is 14.5 Å². The van der Waals surface area contributed by atoms with E-state index in [-0.39, 0.29) is 20.1 Å². The molecule has 0 spiro atoms. The molecule has 0 aliphatic carbocycles. The fourth-order valence-corrected chi connectivity index (χ4v) is 7.72. The molecule has 0 amide bonds. The molecule has 0 bridgehead atoms. The van der Waals surface area contributed by atoms with Crippen LogP contribution in [-0.4, -0.2) is 14.5 Å². The van der Waals surface area contributed by atoms with Crippen LogP contribution in [0.3, 0.4) is 0 Å². The summed E-state index contributed by atoms with van der Waals surface area (Å²) in [5, 5.41) is 2.21. The topological polar surface area (TPSA) is 43.9 Å². The van der Waals surface area contributed by atoms with Crippen LogP contribution in [0.4, 0.5) is 0 Å². The summed E-state index contributed by atoms with van der Waals surface area (Å²) in [7, 11) is 0. The zero-order valence-electron chi connectivity index (χ0n) is 36.1. The quantitative estimate of drug-likeness (QED) is 0.143. The molecule has 0 unspecified atom stereocenters. The molecule has 59 heavy (non-hydrogen) atoms. The van der Waals surface area contributed by atoms with E-state index in [1.54, 1.807) is 6.20 Å². The van der Waals surface area contributed by atoms with Gasteiger partial charge in [0, 0.05) is 38.7 Å². The second-order valence-corrected chi connectivity index (χ2v) is 16.3. The molecule has 0 fully saturated rings. The first kappa shape index (κ1) is 40.2. The number of hydrogen-bond donors (Lipinski definition) is 0. The first-order valence-electron chi connectivity index (χ1n) is 20.9. The Kier molecular flexibility index (Phi) is 12.1. The van der Waals surface area contributed by atoms with Crippen molar-refractivity contribution in [3.8, 4) is 39.5 Å². The first-order valence-corrected chi connectivity index (χ1v) is 20.4. The van der Waals surface area contributed by atoms with Gasteiger partial charge in [0.1, 0.15) is 5.58 Å². The maximum Gasteiger partial charge on any atom is 0.121 e. The number of pyridine rings is 1. The molecule has 0 N–H and O–H groups in total. The van der Waals surface area contributed by atoms with Crippen LogP contribution in [0.1, 0.15) is 103 Å². The molecule has 9 aromatic rings. The second-order valence-electron chi connectivity index (χ2n) is 16.3. The van der Waals surface area contributed by atoms with Crippen LogP contribution >= 0.6 is 0 Å². The first-order chi connectivity index (χ1) is 28.4. The van der Waals surface area contributed by atoms with E-state index >= 15 is 0 Å². The van der Waals surface area contributed by atoms with Crippen molar-refractivity contribution in [3.05, 3.63) is 174 Å². The molecule has 9 rings (SSSR count). The van der Waals surface area contributed by atoms with E-state index in [4.69, 9.17) is 10.8 Å². The fourth-order valence-electron chi connectivity index (χ4n) is 7.72. The van der Waals surface area contributed by atoms with Gasteiger partial charge in [-0.05, 0) is 93.1 Å². The van der Waals surface area contributed by atoms with Crippen LogP contribution in [0, 0.1) is 12.1 Å². The number of rotatable bonds is 8. The maximum absolute atomic E-state index is 7.90. The summed E-state index contributed by atoms with van der Waals surface area (Å²) in [4.78, 5) is 9.64. The molecule has 0 saturated carbocycles. The van der Waals surface area contributed by atoms with Gasteiger partial charge in [0.15, 0.2) is 0 Å². The summed E-state index contributed by atoms with van der Waals surface area (Å²) >= 11 is 0. The molecule has 0 aliphatic rings. The number of benzene rings is 6. The summed E-state index contributed by atoms with van der Waals surface area (Å²) in [5.74, 6) is 1.28. The van der Waals surface area contributed by atoms with Gasteiger partial charge in [0.25, 0.3) is 0 Å². The van der Waals surface area contributed by atoms with Crippen molar-refractivity contribution >= 4 is 33.0 Å². The third-order valence-electron chi connectivity index (χ3n) is 11.0. The van der Waals surface area contributed by atoms with Gasteiger partial charge in [0.05, 0.1) is 22.4 Å². The van der Waals surface area contributed by atoms with E-state index in [9.17, 15) is 0 Å². The van der Waals surface area contributed by atoms with Crippen molar-refractivity contribution in [3.63, 3.8) is 0 Å². The zero-order valence-corrected chi connectivity index (χ0v) is 37.5. The fraction of sp³-hybridized carbons (Fsp3) is 0.222. The van der Waals surface area contributed by atoms with Gasteiger partial charge < -0.3 is 14.0 Å². The third-order valence-corrected chi connectivity index (χ3v) is 11.0. The Hall–Kier alpha value is -5.61. The molecule has 299 valence electrons. The van der Waals surface area contributed by atoms with Gasteiger partial charge in [-0.1, -0.05) is 133 Å². The number of fused-ring (bicyclic) bond motifs is 4. The number of imidazole rings is 1. The molecular formula is C54H51IrN3O-2. The largest absolute Gasteiger partial charge is 0.501 e. The van der Waals surface area contributed by atoms with E-state index in [0.29, 0.717) is 17.8 Å². The minimum atomic E-state index is -0.591. The molecule has 0 aliphatic heterocycles. The Morgan fingerprint density at radius 3 is 1.97 bits per heavy atom. The van der Waals surface area contributed by atoms with Gasteiger partial charge in [-0.2, -0.15) is 0 Å². The van der Waals surface area contributed by atoms with E-state index in [2.05, 4.69) is 154 Å². The predicted octanol–water partition coefficient (Wildman–Crippen LogP) is 15.1. The Bertz CT molecular complexity index is 2860. The van der Waals surface area contributed by atoms with E-state index in [1.807, 2.05) is 56.3 Å². The van der Waals surface area contributed by atoms with Gasteiger partial charge in [-0.3, -0.25) is 4.98 Å². The normalized spacial score (nSPS) is 11.9. The average Bonchev–Trinajstić information content (AvgIpc) is 3.82. The Balaban J connectivity index is 0.000000270. The number of aromatic nitrogens is 3. The van der Waals surface area contributed by atoms with Crippen molar-refractivity contribution in [2.75, 3.05) is 0 Å². The molecule has 4 nitrogen and oxygen atoms in total. The summed E-state index contributed by atoms with van der Waals surface area (Å²) in [5.41, 5.74) is 15.0. The third kappa shape index (κ3) is 8.33. The van der Waals surface area contributed by atoms with E-state index in [1.165, 1.54) is 33.5 Å². The molecule has 6 aromatic carbocycles. The smallest absolute Gasteiger partial charge is 0.121 e. The van der Waals surface area contributed by atoms with Crippen LogP contribution in [-0.2, 0) is 20.1 Å². The summed E-state index contributed by atoms with van der Waals surface area (Å²) < 4.78 is 16.9. The van der Waals surface area contributed by atoms with Crippen LogP contribution in [0.15, 0.2) is 144 Å². The van der Waals surface area contributed by atoms with E-state index < -0.39 is 5.89 Å². The second kappa shape index (κ2) is 17.7. The minimum absolute atomic E-state index is 0. The van der Waals surface area contributed by atoms with Crippen molar-refractivity contribution in [2.45, 2.75) is 79.0 Å². The molecule has 0 saturated heterocycles. The van der Waals surface area contributed by atoms with Gasteiger partial charge >= 0.3 is 0 Å². The molecule has 5 heteroatoms. The van der Waals surface area contributed by atoms with Gasteiger partial charge in [-0.25, -0.2) is 0 Å². The Morgan fingerprint density at radius 2 is 1.32 bits per heavy atom. The summed E-state index contributed by atoms with van der Waals surface area (Å²) in [6.07, 6.45) is 1.77. The van der Waals surface area contributed by atoms with Gasteiger partial charge in [0.2, 0.25) is 0 Å². The number of nitrogens with zero attached hydrogens (tertiary/aromatic N) is 3. The van der Waals surface area contributed by atoms with Gasteiger partial charge in [-0.15, -0.1) is 54.1 Å². The zero-order chi connectivity index (χ0) is 41.4. The number of hydrogen-bond acceptors (Lipinski definition) is 3. The summed E-state index contributed by atoms with van der Waals surface area (Å²) in [6.45, 7) is 17.3. The Morgan fingerprint density at radius 1 is 0.627 bits per heavy atom. The van der Waals surface area contributed by atoms with Crippen LogP contribution in [0.2, 0.25) is 0 Å².